The van der Waals surface area contributed by atoms with Crippen molar-refractivity contribution in [1.29, 1.82) is 0 Å². The average molecular weight is 370 g/mol. The fourth-order valence-corrected chi connectivity index (χ4v) is 2.74. The normalized spacial score (nSPS) is 10.3. The zero-order chi connectivity index (χ0) is 18.5. The van der Waals surface area contributed by atoms with Crippen molar-refractivity contribution in [2.24, 2.45) is 0 Å². The van der Waals surface area contributed by atoms with Gasteiger partial charge in [-0.1, -0.05) is 41.2 Å². The zero-order valence-corrected chi connectivity index (χ0v) is 14.5. The Bertz CT molecular complexity index is 940. The second-order valence-electron chi connectivity index (χ2n) is 5.33. The lowest BCUT2D eigenvalue weighted by Gasteiger charge is -2.04. The van der Waals surface area contributed by atoms with Crippen LogP contribution in [0.1, 0.15) is 20.4 Å². The molecule has 8 nitrogen and oxygen atoms in total. The number of hydrogen-bond acceptors (Lipinski definition) is 7. The second-order valence-corrected chi connectivity index (χ2v) is 6.40. The number of nitrogens with one attached hydrogen (secondary N) is 1. The van der Waals surface area contributed by atoms with Crippen LogP contribution in [0.5, 0.6) is 5.75 Å². The molecular weight excluding hydrogens is 356 g/mol. The number of nitro benzene ring substituents is 1. The van der Waals surface area contributed by atoms with Crippen LogP contribution in [0.4, 0.5) is 11.4 Å². The maximum absolute atomic E-state index is 12.2. The Hall–Kier alpha value is -3.33. The molecule has 1 aromatic heterocycles. The number of ether oxygens (including phenoxy) is 1. The van der Waals surface area contributed by atoms with E-state index in [1.165, 1.54) is 12.1 Å². The first-order chi connectivity index (χ1) is 12.5. The van der Waals surface area contributed by atoms with Gasteiger partial charge in [0, 0.05) is 11.8 Å². The summed E-state index contributed by atoms with van der Waals surface area (Å²) in [4.78, 5) is 22.6. The highest BCUT2D eigenvalue weighted by molar-refractivity contribution is 7.13. The molecule has 0 aliphatic rings. The van der Waals surface area contributed by atoms with Crippen molar-refractivity contribution >= 4 is 28.6 Å². The molecule has 9 heteroatoms. The van der Waals surface area contributed by atoms with Gasteiger partial charge < -0.3 is 10.1 Å². The SMILES string of the molecule is Cc1ccc(NC(=O)c2nnc(COc3ccccc3[N+](=O)[O-])s2)cc1. The first-order valence-corrected chi connectivity index (χ1v) is 8.41. The Balaban J connectivity index is 1.64. The number of hydrogen-bond donors (Lipinski definition) is 1. The fourth-order valence-electron chi connectivity index (χ4n) is 2.09. The molecule has 0 saturated heterocycles. The van der Waals surface area contributed by atoms with Crippen LogP contribution in [-0.2, 0) is 6.61 Å². The Morgan fingerprint density at radius 3 is 2.65 bits per heavy atom. The van der Waals surface area contributed by atoms with Crippen LogP contribution in [0.15, 0.2) is 48.5 Å². The first-order valence-electron chi connectivity index (χ1n) is 7.59. The molecule has 26 heavy (non-hydrogen) atoms. The van der Waals surface area contributed by atoms with E-state index in [9.17, 15) is 14.9 Å². The molecule has 1 heterocycles. The highest BCUT2D eigenvalue weighted by Gasteiger charge is 2.16. The van der Waals surface area contributed by atoms with E-state index in [0.29, 0.717) is 10.7 Å². The van der Waals surface area contributed by atoms with Crippen LogP contribution in [0.3, 0.4) is 0 Å². The van der Waals surface area contributed by atoms with Crippen molar-refractivity contribution in [2.75, 3.05) is 5.32 Å². The number of benzene rings is 2. The van der Waals surface area contributed by atoms with E-state index >= 15 is 0 Å². The number of aryl methyl sites for hydroxylation is 1. The minimum atomic E-state index is -0.518. The number of nitro groups is 1. The molecule has 3 rings (SSSR count). The van der Waals surface area contributed by atoms with Gasteiger partial charge in [0.1, 0.15) is 6.61 Å². The lowest BCUT2D eigenvalue weighted by Crippen LogP contribution is -2.11. The number of carbonyl (C=O) groups excluding carboxylic acids is 1. The second kappa shape index (κ2) is 7.70. The Morgan fingerprint density at radius 2 is 1.92 bits per heavy atom. The van der Waals surface area contributed by atoms with Gasteiger partial charge in [-0.2, -0.15) is 0 Å². The van der Waals surface area contributed by atoms with Crippen molar-refractivity contribution < 1.29 is 14.5 Å². The van der Waals surface area contributed by atoms with E-state index in [-0.39, 0.29) is 29.0 Å². The summed E-state index contributed by atoms with van der Waals surface area (Å²) in [6, 6.07) is 13.4. The smallest absolute Gasteiger partial charge is 0.310 e. The molecule has 1 amide bonds. The monoisotopic (exact) mass is 370 g/mol. The van der Waals surface area contributed by atoms with Gasteiger partial charge in [0.2, 0.25) is 5.01 Å². The van der Waals surface area contributed by atoms with Gasteiger partial charge in [0.25, 0.3) is 5.91 Å². The lowest BCUT2D eigenvalue weighted by molar-refractivity contribution is -0.385. The molecule has 0 saturated carbocycles. The molecule has 0 radical (unpaired) electrons. The van der Waals surface area contributed by atoms with E-state index in [4.69, 9.17) is 4.74 Å². The van der Waals surface area contributed by atoms with Gasteiger partial charge in [-0.15, -0.1) is 10.2 Å². The third-order valence-corrected chi connectivity index (χ3v) is 4.28. The molecule has 0 unspecified atom stereocenters. The largest absolute Gasteiger partial charge is 0.479 e. The van der Waals surface area contributed by atoms with Crippen LogP contribution in [0, 0.1) is 17.0 Å². The Kier molecular flexibility index (Phi) is 5.18. The predicted octanol–water partition coefficient (Wildman–Crippen LogP) is 3.59. The summed E-state index contributed by atoms with van der Waals surface area (Å²) in [5.74, 6) is -0.235. The van der Waals surface area contributed by atoms with Crippen LogP contribution in [0.2, 0.25) is 0 Å². The van der Waals surface area contributed by atoms with Crippen LogP contribution >= 0.6 is 11.3 Å². The summed E-state index contributed by atoms with van der Waals surface area (Å²) in [7, 11) is 0. The zero-order valence-electron chi connectivity index (χ0n) is 13.7. The molecule has 2 aromatic carbocycles. The summed E-state index contributed by atoms with van der Waals surface area (Å²) < 4.78 is 5.44. The molecule has 3 aromatic rings. The molecular formula is C17H14N4O4S. The summed E-state index contributed by atoms with van der Waals surface area (Å²) in [6.07, 6.45) is 0. The Labute approximate surface area is 152 Å². The number of aromatic nitrogens is 2. The van der Waals surface area contributed by atoms with E-state index in [0.717, 1.165) is 16.9 Å². The van der Waals surface area contributed by atoms with Gasteiger partial charge in [-0.3, -0.25) is 14.9 Å². The maximum Gasteiger partial charge on any atom is 0.310 e. The van der Waals surface area contributed by atoms with E-state index in [2.05, 4.69) is 15.5 Å². The van der Waals surface area contributed by atoms with Crippen LogP contribution in [0.25, 0.3) is 0 Å². The Morgan fingerprint density at radius 1 is 1.19 bits per heavy atom. The minimum Gasteiger partial charge on any atom is -0.479 e. The summed E-state index contributed by atoms with van der Waals surface area (Å²) in [5.41, 5.74) is 1.62. The molecule has 0 atom stereocenters. The minimum absolute atomic E-state index is 0.0136. The highest BCUT2D eigenvalue weighted by Crippen LogP contribution is 2.27. The van der Waals surface area contributed by atoms with Crippen LogP contribution < -0.4 is 10.1 Å². The van der Waals surface area contributed by atoms with Crippen molar-refractivity contribution in [3.05, 3.63) is 74.2 Å². The standard InChI is InChI=1S/C17H14N4O4S/c1-11-6-8-12(9-7-11)18-16(22)17-20-19-15(26-17)10-25-14-5-3-2-4-13(14)21(23)24/h2-9H,10H2,1H3,(H,18,22). The highest BCUT2D eigenvalue weighted by atomic mass is 32.1. The third-order valence-electron chi connectivity index (χ3n) is 3.38. The van der Waals surface area contributed by atoms with Crippen molar-refractivity contribution in [3.8, 4) is 5.75 Å². The van der Waals surface area contributed by atoms with Crippen molar-refractivity contribution in [1.82, 2.24) is 10.2 Å². The van der Waals surface area contributed by atoms with Crippen molar-refractivity contribution in [2.45, 2.75) is 13.5 Å². The lowest BCUT2D eigenvalue weighted by atomic mass is 10.2. The number of anilines is 1. The molecule has 0 bridgehead atoms. The van der Waals surface area contributed by atoms with Gasteiger partial charge in [-0.25, -0.2) is 0 Å². The summed E-state index contributed by atoms with van der Waals surface area (Å²) in [5, 5.41) is 22.1. The van der Waals surface area contributed by atoms with Gasteiger partial charge in [-0.05, 0) is 25.1 Å². The van der Waals surface area contributed by atoms with Gasteiger partial charge in [0.05, 0.1) is 4.92 Å². The molecule has 0 spiro atoms. The maximum atomic E-state index is 12.2. The van der Waals surface area contributed by atoms with Crippen molar-refractivity contribution in [3.63, 3.8) is 0 Å². The van der Waals surface area contributed by atoms with E-state index in [1.54, 1.807) is 24.3 Å². The number of para-hydroxylation sites is 2. The summed E-state index contributed by atoms with van der Waals surface area (Å²) in [6.45, 7) is 1.94. The molecule has 0 aliphatic heterocycles. The van der Waals surface area contributed by atoms with Crippen LogP contribution in [-0.4, -0.2) is 21.0 Å². The number of nitrogens with zero attached hydrogens (tertiary/aromatic N) is 3. The number of carbonyl (C=O) groups is 1. The topological polar surface area (TPSA) is 107 Å². The fraction of sp³-hybridized carbons (Fsp3) is 0.118. The third kappa shape index (κ3) is 4.19. The number of amides is 1. The molecule has 0 aliphatic carbocycles. The first kappa shape index (κ1) is 17.5. The van der Waals surface area contributed by atoms with E-state index < -0.39 is 4.92 Å². The number of rotatable bonds is 6. The summed E-state index contributed by atoms with van der Waals surface area (Å²) >= 11 is 1.07. The molecule has 0 fully saturated rings. The molecule has 132 valence electrons. The van der Waals surface area contributed by atoms with E-state index in [1.807, 2.05) is 19.1 Å². The van der Waals surface area contributed by atoms with Gasteiger partial charge in [0.15, 0.2) is 10.8 Å². The average Bonchev–Trinajstić information content (AvgIpc) is 3.11. The van der Waals surface area contributed by atoms with Gasteiger partial charge >= 0.3 is 5.69 Å². The quantitative estimate of drug-likeness (QED) is 0.525. The molecule has 1 N–H and O–H groups in total. The predicted molar refractivity (Wildman–Crippen MR) is 96.5 cm³/mol.